The summed E-state index contributed by atoms with van der Waals surface area (Å²) < 4.78 is 6.70. The Kier molecular flexibility index (Phi) is 3.82. The summed E-state index contributed by atoms with van der Waals surface area (Å²) in [6, 6.07) is 15.7. The monoisotopic (exact) mass is 360 g/mol. The Bertz CT molecular complexity index is 891. The van der Waals surface area contributed by atoms with E-state index < -0.39 is 0 Å². The summed E-state index contributed by atoms with van der Waals surface area (Å²) >= 11 is 0. The predicted molar refractivity (Wildman–Crippen MR) is 109 cm³/mol. The molecule has 2 heterocycles. The molecule has 2 aromatic rings. The summed E-state index contributed by atoms with van der Waals surface area (Å²) in [6.45, 7) is 6.65. The van der Waals surface area contributed by atoms with Gasteiger partial charge in [-0.25, -0.2) is 5.01 Å². The fourth-order valence-electron chi connectivity index (χ4n) is 4.87. The third-order valence-electron chi connectivity index (χ3n) is 6.59. The van der Waals surface area contributed by atoms with Crippen molar-refractivity contribution in [3.8, 4) is 5.75 Å². The number of hydrazone groups is 1. The number of fused-ring (bicyclic) bond motifs is 4. The highest BCUT2D eigenvalue weighted by Crippen LogP contribution is 2.52. The molecule has 0 bridgehead atoms. The van der Waals surface area contributed by atoms with E-state index >= 15 is 0 Å². The lowest BCUT2D eigenvalue weighted by Gasteiger charge is -2.50. The van der Waals surface area contributed by atoms with Gasteiger partial charge in [0.2, 0.25) is 0 Å². The van der Waals surface area contributed by atoms with E-state index in [0.717, 1.165) is 30.9 Å². The van der Waals surface area contributed by atoms with Gasteiger partial charge in [-0.15, -0.1) is 0 Å². The Morgan fingerprint density at radius 2 is 1.70 bits per heavy atom. The van der Waals surface area contributed by atoms with Crippen molar-refractivity contribution in [3.63, 3.8) is 0 Å². The van der Waals surface area contributed by atoms with Gasteiger partial charge in [-0.05, 0) is 44.2 Å². The second kappa shape index (κ2) is 6.12. The first-order chi connectivity index (χ1) is 13.0. The van der Waals surface area contributed by atoms with Crippen molar-refractivity contribution < 1.29 is 4.74 Å². The van der Waals surface area contributed by atoms with Gasteiger partial charge in [-0.2, -0.15) is 5.10 Å². The smallest absolute Gasteiger partial charge is 0.198 e. The molecule has 27 heavy (non-hydrogen) atoms. The summed E-state index contributed by atoms with van der Waals surface area (Å²) in [4.78, 5) is 0. The maximum atomic E-state index is 6.70. The van der Waals surface area contributed by atoms with Crippen molar-refractivity contribution in [1.82, 2.24) is 5.01 Å². The maximum Gasteiger partial charge on any atom is 0.198 e. The minimum Gasteiger partial charge on any atom is -0.466 e. The van der Waals surface area contributed by atoms with Crippen molar-refractivity contribution in [2.45, 2.75) is 64.6 Å². The van der Waals surface area contributed by atoms with Crippen LogP contribution in [0.1, 0.15) is 67.3 Å². The first-order valence-electron chi connectivity index (χ1n) is 10.3. The Hall–Kier alpha value is -2.29. The molecule has 1 fully saturated rings. The molecule has 2 aromatic carbocycles. The minimum atomic E-state index is -0.272. The van der Waals surface area contributed by atoms with E-state index in [1.54, 1.807) is 0 Å². The summed E-state index contributed by atoms with van der Waals surface area (Å²) in [7, 11) is 0. The molecule has 1 saturated carbocycles. The van der Waals surface area contributed by atoms with E-state index in [-0.39, 0.29) is 5.72 Å². The molecule has 3 nitrogen and oxygen atoms in total. The fraction of sp³-hybridized carbons (Fsp3) is 0.458. The lowest BCUT2D eigenvalue weighted by molar-refractivity contribution is -0.145. The predicted octanol–water partition coefficient (Wildman–Crippen LogP) is 5.75. The van der Waals surface area contributed by atoms with E-state index in [9.17, 15) is 0 Å². The molecule has 0 aromatic heterocycles. The third-order valence-corrected chi connectivity index (χ3v) is 6.59. The number of rotatable bonds is 1. The zero-order valence-electron chi connectivity index (χ0n) is 16.5. The molecule has 0 saturated heterocycles. The van der Waals surface area contributed by atoms with Crippen LogP contribution in [-0.4, -0.2) is 16.4 Å². The number of nitrogens with zero attached hydrogens (tertiary/aromatic N) is 2. The van der Waals surface area contributed by atoms with E-state index in [4.69, 9.17) is 9.84 Å². The SMILES string of the molecule is Cc1ccc(C2=NN3C(C2)c2cc(C)ccc2OC32CCC(C)CC2)cc1. The quantitative estimate of drug-likeness (QED) is 0.646. The highest BCUT2D eigenvalue weighted by atomic mass is 16.5. The van der Waals surface area contributed by atoms with Gasteiger partial charge in [0.05, 0.1) is 11.8 Å². The van der Waals surface area contributed by atoms with Crippen molar-refractivity contribution in [3.05, 3.63) is 64.7 Å². The molecular weight excluding hydrogens is 332 g/mol. The second-order valence-electron chi connectivity index (χ2n) is 8.75. The van der Waals surface area contributed by atoms with E-state index in [0.29, 0.717) is 6.04 Å². The van der Waals surface area contributed by atoms with Crippen molar-refractivity contribution in [1.29, 1.82) is 0 Å². The zero-order chi connectivity index (χ0) is 18.6. The second-order valence-corrected chi connectivity index (χ2v) is 8.75. The van der Waals surface area contributed by atoms with Gasteiger partial charge in [0.25, 0.3) is 0 Å². The standard InChI is InChI=1S/C24H28N2O/c1-16-4-7-19(8-5-16)21-15-22-20-14-18(3)6-9-23(20)27-24(26(22)25-21)12-10-17(2)11-13-24/h4-9,14,17,22H,10-13,15H2,1-3H3. The third kappa shape index (κ3) is 2.75. The van der Waals surface area contributed by atoms with Crippen molar-refractivity contribution >= 4 is 5.71 Å². The van der Waals surface area contributed by atoms with E-state index in [1.165, 1.54) is 40.8 Å². The van der Waals surface area contributed by atoms with Gasteiger partial charge < -0.3 is 4.74 Å². The fourth-order valence-corrected chi connectivity index (χ4v) is 4.87. The number of aryl methyl sites for hydroxylation is 2. The molecule has 0 radical (unpaired) electrons. The molecule has 1 unspecified atom stereocenters. The molecule has 3 heteroatoms. The Morgan fingerprint density at radius 3 is 2.44 bits per heavy atom. The largest absolute Gasteiger partial charge is 0.466 e. The maximum absolute atomic E-state index is 6.70. The first-order valence-corrected chi connectivity index (χ1v) is 10.3. The average molecular weight is 361 g/mol. The van der Waals surface area contributed by atoms with Crippen LogP contribution in [0.3, 0.4) is 0 Å². The van der Waals surface area contributed by atoms with Crippen LogP contribution < -0.4 is 4.74 Å². The molecule has 2 aliphatic heterocycles. The molecular formula is C24H28N2O. The molecule has 0 N–H and O–H groups in total. The van der Waals surface area contributed by atoms with E-state index in [2.05, 4.69) is 68.2 Å². The van der Waals surface area contributed by atoms with Crippen LogP contribution in [0.4, 0.5) is 0 Å². The summed E-state index contributed by atoms with van der Waals surface area (Å²) in [6.07, 6.45) is 5.49. The molecule has 1 atom stereocenters. The lowest BCUT2D eigenvalue weighted by atomic mass is 9.82. The lowest BCUT2D eigenvalue weighted by Crippen LogP contribution is -2.55. The normalized spacial score (nSPS) is 29.1. The van der Waals surface area contributed by atoms with Crippen molar-refractivity contribution in [2.75, 3.05) is 0 Å². The average Bonchev–Trinajstić information content (AvgIpc) is 3.12. The number of ether oxygens (including phenoxy) is 1. The van der Waals surface area contributed by atoms with E-state index in [1.807, 2.05) is 0 Å². The zero-order valence-corrected chi connectivity index (χ0v) is 16.5. The number of hydrogen-bond donors (Lipinski definition) is 0. The highest BCUT2D eigenvalue weighted by molar-refractivity contribution is 6.02. The molecule has 140 valence electrons. The molecule has 0 amide bonds. The summed E-state index contributed by atoms with van der Waals surface area (Å²) in [5, 5.41) is 7.49. The molecule has 3 aliphatic rings. The van der Waals surface area contributed by atoms with Crippen molar-refractivity contribution in [2.24, 2.45) is 11.0 Å². The van der Waals surface area contributed by atoms with Gasteiger partial charge in [-0.3, -0.25) is 0 Å². The Balaban J connectivity index is 1.58. The first kappa shape index (κ1) is 16.9. The van der Waals surface area contributed by atoms with Gasteiger partial charge in [-0.1, -0.05) is 54.4 Å². The van der Waals surface area contributed by atoms with Gasteiger partial charge in [0.15, 0.2) is 5.72 Å². The minimum absolute atomic E-state index is 0.272. The highest BCUT2D eigenvalue weighted by Gasteiger charge is 2.51. The molecule has 1 aliphatic carbocycles. The number of hydrogen-bond acceptors (Lipinski definition) is 3. The molecule has 1 spiro atoms. The van der Waals surface area contributed by atoms with Crippen LogP contribution in [0.15, 0.2) is 47.6 Å². The van der Waals surface area contributed by atoms with Gasteiger partial charge in [0.1, 0.15) is 5.75 Å². The van der Waals surface area contributed by atoms with Crippen LogP contribution in [0.25, 0.3) is 0 Å². The topological polar surface area (TPSA) is 24.8 Å². The van der Waals surface area contributed by atoms with Crippen LogP contribution in [0.2, 0.25) is 0 Å². The summed E-state index contributed by atoms with van der Waals surface area (Å²) in [5.41, 5.74) is 6.03. The summed E-state index contributed by atoms with van der Waals surface area (Å²) in [5.74, 6) is 1.84. The van der Waals surface area contributed by atoms with Gasteiger partial charge >= 0.3 is 0 Å². The van der Waals surface area contributed by atoms with Gasteiger partial charge in [0, 0.05) is 24.8 Å². The van der Waals surface area contributed by atoms with Crippen LogP contribution in [0, 0.1) is 19.8 Å². The van der Waals surface area contributed by atoms with Crippen LogP contribution in [0.5, 0.6) is 5.75 Å². The Labute approximate surface area is 162 Å². The molecule has 5 rings (SSSR count). The van der Waals surface area contributed by atoms with Crippen LogP contribution in [-0.2, 0) is 0 Å². The van der Waals surface area contributed by atoms with Crippen LogP contribution >= 0.6 is 0 Å². The Morgan fingerprint density at radius 1 is 1.00 bits per heavy atom. The number of benzene rings is 2.